The molecule has 0 saturated carbocycles. The number of hydrogen-bond donors (Lipinski definition) is 0. The van der Waals surface area contributed by atoms with Crippen molar-refractivity contribution in [3.8, 4) is 17.2 Å². The molecule has 0 fully saturated rings. The van der Waals surface area contributed by atoms with Crippen LogP contribution in [-0.2, 0) is 16.2 Å². The van der Waals surface area contributed by atoms with Crippen LogP contribution in [0.3, 0.4) is 0 Å². The minimum absolute atomic E-state index is 0.166. The molecule has 0 amide bonds. The van der Waals surface area contributed by atoms with Crippen LogP contribution in [0.5, 0.6) is 17.2 Å². The van der Waals surface area contributed by atoms with Gasteiger partial charge in [0, 0.05) is 6.08 Å². The fourth-order valence-corrected chi connectivity index (χ4v) is 2.05. The Morgan fingerprint density at radius 1 is 1.08 bits per heavy atom. The minimum atomic E-state index is -0.868. The number of rotatable bonds is 8. The third-order valence-electron chi connectivity index (χ3n) is 3.30. The quantitative estimate of drug-likeness (QED) is 0.235. The van der Waals surface area contributed by atoms with Crippen LogP contribution in [0.25, 0.3) is 6.08 Å². The van der Waals surface area contributed by atoms with Crippen molar-refractivity contribution < 1.29 is 28.9 Å². The molecule has 2 aromatic carbocycles. The highest BCUT2D eigenvalue weighted by Crippen LogP contribution is 2.28. The Morgan fingerprint density at radius 2 is 1.77 bits per heavy atom. The van der Waals surface area contributed by atoms with Crippen LogP contribution in [0.1, 0.15) is 11.1 Å². The smallest absolute Gasteiger partial charge is 0.336 e. The molecule has 0 spiro atoms. The summed E-state index contributed by atoms with van der Waals surface area (Å²) in [6.07, 6.45) is 2.87. The van der Waals surface area contributed by atoms with Crippen LogP contribution >= 0.6 is 0 Å². The van der Waals surface area contributed by atoms with Gasteiger partial charge < -0.3 is 19.0 Å². The van der Waals surface area contributed by atoms with Gasteiger partial charge >= 0.3 is 5.97 Å². The number of ether oxygens (including phenoxy) is 3. The van der Waals surface area contributed by atoms with Gasteiger partial charge in [0.15, 0.2) is 11.5 Å². The zero-order valence-corrected chi connectivity index (χ0v) is 14.2. The first kappa shape index (κ1) is 18.8. The Labute approximate surface area is 149 Å². The summed E-state index contributed by atoms with van der Waals surface area (Å²) in [5.74, 6) is 0.898. The molecule has 0 aliphatic carbocycles. The molecule has 0 bridgehead atoms. The first-order chi connectivity index (χ1) is 12.5. The maximum Gasteiger partial charge on any atom is 0.336 e. The van der Waals surface area contributed by atoms with Crippen LogP contribution in [0.15, 0.2) is 48.5 Å². The van der Waals surface area contributed by atoms with Crippen molar-refractivity contribution in [1.29, 1.82) is 0 Å². The van der Waals surface area contributed by atoms with E-state index in [1.54, 1.807) is 43.5 Å². The van der Waals surface area contributed by atoms with Crippen LogP contribution in [-0.4, -0.2) is 25.3 Å². The number of carbonyl (C=O) groups is 1. The predicted octanol–water partition coefficient (Wildman–Crippen LogP) is 3.03. The van der Waals surface area contributed by atoms with Crippen LogP contribution < -0.4 is 14.2 Å². The Balaban J connectivity index is 1.95. The van der Waals surface area contributed by atoms with E-state index >= 15 is 0 Å². The minimum Gasteiger partial charge on any atom is -0.493 e. The summed E-state index contributed by atoms with van der Waals surface area (Å²) in [5, 5.41) is 9.27. The zero-order chi connectivity index (χ0) is 18.9. The van der Waals surface area contributed by atoms with Crippen molar-refractivity contribution in [2.75, 3.05) is 14.2 Å². The van der Waals surface area contributed by atoms with Gasteiger partial charge in [0.25, 0.3) is 5.09 Å². The van der Waals surface area contributed by atoms with Crippen molar-refractivity contribution in [1.82, 2.24) is 0 Å². The summed E-state index contributed by atoms with van der Waals surface area (Å²) in [4.78, 5) is 26.3. The van der Waals surface area contributed by atoms with Gasteiger partial charge in [0.1, 0.15) is 12.4 Å². The monoisotopic (exact) mass is 359 g/mol. The average Bonchev–Trinajstić information content (AvgIpc) is 2.65. The van der Waals surface area contributed by atoms with E-state index in [0.717, 1.165) is 5.56 Å². The number of nitrogens with zero attached hydrogens (tertiary/aromatic N) is 1. The molecule has 0 saturated heterocycles. The second-order valence-corrected chi connectivity index (χ2v) is 5.01. The third-order valence-corrected chi connectivity index (χ3v) is 3.30. The summed E-state index contributed by atoms with van der Waals surface area (Å²) in [6, 6.07) is 11.4. The van der Waals surface area contributed by atoms with Crippen molar-refractivity contribution in [3.63, 3.8) is 0 Å². The zero-order valence-electron chi connectivity index (χ0n) is 14.2. The van der Waals surface area contributed by atoms with E-state index in [1.807, 2.05) is 0 Å². The average molecular weight is 359 g/mol. The molecule has 26 heavy (non-hydrogen) atoms. The summed E-state index contributed by atoms with van der Waals surface area (Å²) in [7, 11) is 3.07. The van der Waals surface area contributed by atoms with Crippen LogP contribution in [0.2, 0.25) is 0 Å². The SMILES string of the molecule is COc1ccc(C=CC(=O)Oc2ccc(CO[N+](=O)[O-])cc2)cc1OC. The van der Waals surface area contributed by atoms with Crippen molar-refractivity contribution in [3.05, 3.63) is 69.8 Å². The fraction of sp³-hybridized carbons (Fsp3) is 0.167. The highest BCUT2D eigenvalue weighted by molar-refractivity contribution is 5.88. The van der Waals surface area contributed by atoms with E-state index in [4.69, 9.17) is 14.2 Å². The summed E-state index contributed by atoms with van der Waals surface area (Å²) in [6.45, 7) is -0.166. The molecular weight excluding hydrogens is 342 g/mol. The maximum absolute atomic E-state index is 11.9. The van der Waals surface area contributed by atoms with Gasteiger partial charge in [0.05, 0.1) is 14.2 Å². The van der Waals surface area contributed by atoms with Gasteiger partial charge in [-0.05, 0) is 41.5 Å². The Morgan fingerprint density at radius 3 is 2.38 bits per heavy atom. The molecule has 0 aliphatic rings. The van der Waals surface area contributed by atoms with E-state index in [1.165, 1.54) is 25.3 Å². The molecule has 8 nitrogen and oxygen atoms in total. The largest absolute Gasteiger partial charge is 0.493 e. The summed E-state index contributed by atoms with van der Waals surface area (Å²) in [5.41, 5.74) is 1.33. The van der Waals surface area contributed by atoms with Crippen LogP contribution in [0.4, 0.5) is 0 Å². The predicted molar refractivity (Wildman–Crippen MR) is 92.4 cm³/mol. The van der Waals surface area contributed by atoms with E-state index in [0.29, 0.717) is 22.8 Å². The lowest BCUT2D eigenvalue weighted by atomic mass is 10.2. The molecule has 0 atom stereocenters. The van der Waals surface area contributed by atoms with E-state index in [2.05, 4.69) is 4.84 Å². The molecule has 2 aromatic rings. The highest BCUT2D eigenvalue weighted by atomic mass is 16.9. The lowest BCUT2D eigenvalue weighted by Crippen LogP contribution is -2.04. The first-order valence-corrected chi connectivity index (χ1v) is 7.50. The molecule has 0 unspecified atom stereocenters. The molecular formula is C18H17NO7. The molecule has 0 aromatic heterocycles. The first-order valence-electron chi connectivity index (χ1n) is 7.50. The van der Waals surface area contributed by atoms with Crippen molar-refractivity contribution in [2.45, 2.75) is 6.61 Å². The number of benzene rings is 2. The second-order valence-electron chi connectivity index (χ2n) is 5.01. The molecule has 0 N–H and O–H groups in total. The van der Waals surface area contributed by atoms with Gasteiger partial charge in [-0.2, -0.15) is 0 Å². The normalized spacial score (nSPS) is 10.4. The lowest BCUT2D eigenvalue weighted by Gasteiger charge is -2.07. The topological polar surface area (TPSA) is 97.1 Å². The van der Waals surface area contributed by atoms with Crippen molar-refractivity contribution >= 4 is 12.0 Å². The van der Waals surface area contributed by atoms with Gasteiger partial charge in [-0.25, -0.2) is 4.79 Å². The number of carbonyl (C=O) groups excluding carboxylic acids is 1. The second kappa shape index (κ2) is 9.07. The molecule has 0 radical (unpaired) electrons. The van der Waals surface area contributed by atoms with Gasteiger partial charge in [0.2, 0.25) is 0 Å². The van der Waals surface area contributed by atoms with E-state index < -0.39 is 11.1 Å². The maximum atomic E-state index is 11.9. The van der Waals surface area contributed by atoms with Crippen molar-refractivity contribution in [2.24, 2.45) is 0 Å². The van der Waals surface area contributed by atoms with Gasteiger partial charge in [-0.15, -0.1) is 10.1 Å². The lowest BCUT2D eigenvalue weighted by molar-refractivity contribution is -0.763. The molecule has 8 heteroatoms. The van der Waals surface area contributed by atoms with E-state index in [9.17, 15) is 14.9 Å². The number of methoxy groups -OCH3 is 2. The van der Waals surface area contributed by atoms with Gasteiger partial charge in [-0.3, -0.25) is 0 Å². The molecule has 136 valence electrons. The summed E-state index contributed by atoms with van der Waals surface area (Å²) < 4.78 is 15.5. The molecule has 0 aliphatic heterocycles. The Hall–Kier alpha value is -3.55. The Bertz CT molecular complexity index is 800. The summed E-state index contributed by atoms with van der Waals surface area (Å²) >= 11 is 0. The van der Waals surface area contributed by atoms with Gasteiger partial charge in [-0.1, -0.05) is 18.2 Å². The van der Waals surface area contributed by atoms with E-state index in [-0.39, 0.29) is 6.61 Å². The molecule has 2 rings (SSSR count). The number of hydrogen-bond acceptors (Lipinski definition) is 7. The standard InChI is InChI=1S/C18H17NO7/c1-23-16-9-5-13(11-17(16)24-2)6-10-18(20)26-15-7-3-14(4-8-15)12-25-19(21)22/h3-11H,12H2,1-2H3. The number of esters is 1. The molecule has 0 heterocycles. The third kappa shape index (κ3) is 5.52. The fourth-order valence-electron chi connectivity index (χ4n) is 2.05. The van der Waals surface area contributed by atoms with Crippen LogP contribution in [0, 0.1) is 10.1 Å². The highest BCUT2D eigenvalue weighted by Gasteiger charge is 2.05. The Kier molecular flexibility index (Phi) is 6.55.